The number of fused-ring (bicyclic) bond motifs is 5. The van der Waals surface area contributed by atoms with Gasteiger partial charge in [0.05, 0.1) is 2.74 Å². The van der Waals surface area contributed by atoms with E-state index in [0.29, 0.717) is 23.7 Å². The second-order valence-corrected chi connectivity index (χ2v) is 11.4. The summed E-state index contributed by atoms with van der Waals surface area (Å²) in [5, 5.41) is 9.89. The smallest absolute Gasteiger partial charge is 0.0566 e. The molecular formula is C27H48O. The number of hydrogen-bond donors (Lipinski definition) is 1. The van der Waals surface area contributed by atoms with Gasteiger partial charge in [-0.1, -0.05) is 53.3 Å². The summed E-state index contributed by atoms with van der Waals surface area (Å²) in [4.78, 5) is 0. The summed E-state index contributed by atoms with van der Waals surface area (Å²) < 4.78 is 54.9. The standard InChI is InChI=1S/C27H48O/c1-19(18-28)8-7-9-20(2)23-13-14-24-22-12-11-21-10-5-6-16-26(21,3)25(22)15-17-27(23,24)4/h19-25,28H,5-18H2,1-4H3/t19?,20-,21?,22+,23-,24+,25+,26+,27-/m1/s1/i1D3,8D,18D2,19D/t8?,19?,20-,21?,22+,23-,24+,25+,26+,27-. The van der Waals surface area contributed by atoms with Gasteiger partial charge in [0, 0.05) is 13.4 Å². The van der Waals surface area contributed by atoms with Crippen molar-refractivity contribution in [3.63, 3.8) is 0 Å². The first kappa shape index (κ1) is 14.1. The molecule has 0 amide bonds. The highest BCUT2D eigenvalue weighted by Crippen LogP contribution is 2.68. The average Bonchev–Trinajstić information content (AvgIpc) is 3.12. The van der Waals surface area contributed by atoms with Gasteiger partial charge in [-0.05, 0) is 110 Å². The van der Waals surface area contributed by atoms with Crippen molar-refractivity contribution < 1.29 is 14.7 Å². The SMILES string of the molecule is [2H]C(CC[C@@H](C)[C@H]1CC[C@H]2[C@@H]3CCC4CCCC[C@]4(C)[C@H]3CC[C@]12C)C([2H])(C([2H])([2H])[2H])C([2H])([2H])O. The van der Waals surface area contributed by atoms with Gasteiger partial charge in [0.2, 0.25) is 0 Å². The molecule has 28 heavy (non-hydrogen) atoms. The normalized spacial score (nSPS) is 54.6. The molecule has 0 aromatic heterocycles. The molecular weight excluding hydrogens is 340 g/mol. The van der Waals surface area contributed by atoms with Gasteiger partial charge in [-0.3, -0.25) is 0 Å². The molecule has 3 unspecified atom stereocenters. The molecule has 0 radical (unpaired) electrons. The third-order valence-electron chi connectivity index (χ3n) is 10.4. The van der Waals surface area contributed by atoms with Crippen LogP contribution in [0.15, 0.2) is 0 Å². The maximum Gasteiger partial charge on any atom is 0.0566 e. The summed E-state index contributed by atoms with van der Waals surface area (Å²) in [5.41, 5.74) is 0.810. The van der Waals surface area contributed by atoms with E-state index < -0.39 is 25.7 Å². The van der Waals surface area contributed by atoms with Crippen LogP contribution in [0.4, 0.5) is 0 Å². The lowest BCUT2D eigenvalue weighted by Gasteiger charge is -2.61. The Hall–Kier alpha value is -0.0400. The third kappa shape index (κ3) is 3.50. The van der Waals surface area contributed by atoms with Gasteiger partial charge >= 0.3 is 0 Å². The highest BCUT2D eigenvalue weighted by Gasteiger charge is 2.59. The van der Waals surface area contributed by atoms with Gasteiger partial charge in [-0.15, -0.1) is 0 Å². The van der Waals surface area contributed by atoms with E-state index in [9.17, 15) is 5.11 Å². The molecule has 4 saturated carbocycles. The number of hydrogen-bond acceptors (Lipinski definition) is 1. The van der Waals surface area contributed by atoms with Crippen molar-refractivity contribution in [2.75, 3.05) is 6.56 Å². The van der Waals surface area contributed by atoms with E-state index in [-0.39, 0.29) is 11.8 Å². The zero-order valence-electron chi connectivity index (χ0n) is 25.5. The molecule has 0 aromatic carbocycles. The largest absolute Gasteiger partial charge is 0.396 e. The van der Waals surface area contributed by atoms with Crippen molar-refractivity contribution in [2.24, 2.45) is 52.2 Å². The quantitative estimate of drug-likeness (QED) is 0.494. The van der Waals surface area contributed by atoms with Crippen molar-refractivity contribution in [1.29, 1.82) is 0 Å². The predicted molar refractivity (Wildman–Crippen MR) is 119 cm³/mol. The molecule has 162 valence electrons. The Morgan fingerprint density at radius 1 is 1.04 bits per heavy atom. The first-order chi connectivity index (χ1) is 16.1. The molecule has 4 aliphatic rings. The fourth-order valence-electron chi connectivity index (χ4n) is 9.01. The number of rotatable bonds is 6. The second kappa shape index (κ2) is 8.24. The summed E-state index contributed by atoms with van der Waals surface area (Å²) in [6.45, 7) is 0.990. The highest BCUT2D eigenvalue weighted by molar-refractivity contribution is 5.09. The van der Waals surface area contributed by atoms with Crippen molar-refractivity contribution >= 4 is 0 Å². The Morgan fingerprint density at radius 3 is 2.64 bits per heavy atom. The zero-order chi connectivity index (χ0) is 26.0. The van der Waals surface area contributed by atoms with E-state index >= 15 is 0 Å². The second-order valence-electron chi connectivity index (χ2n) is 11.4. The van der Waals surface area contributed by atoms with Crippen LogP contribution < -0.4 is 0 Å². The first-order valence-corrected chi connectivity index (χ1v) is 12.2. The van der Waals surface area contributed by atoms with Crippen LogP contribution in [-0.4, -0.2) is 11.7 Å². The maximum atomic E-state index is 9.89. The molecule has 0 bridgehead atoms. The van der Waals surface area contributed by atoms with Crippen LogP contribution in [-0.2, 0) is 0 Å². The molecule has 0 heterocycles. The van der Waals surface area contributed by atoms with Gasteiger partial charge in [0.25, 0.3) is 0 Å². The Kier molecular flexibility index (Phi) is 4.15. The van der Waals surface area contributed by atoms with Gasteiger partial charge < -0.3 is 5.11 Å². The molecule has 0 saturated heterocycles. The van der Waals surface area contributed by atoms with Gasteiger partial charge in [0.15, 0.2) is 0 Å². The molecule has 4 fully saturated rings. The van der Waals surface area contributed by atoms with E-state index in [1.807, 2.05) is 0 Å². The Bertz CT molecular complexity index is 750. The Morgan fingerprint density at radius 2 is 1.86 bits per heavy atom. The van der Waals surface area contributed by atoms with Crippen molar-refractivity contribution in [2.45, 2.75) is 111 Å². The summed E-state index contributed by atoms with van der Waals surface area (Å²) in [6.07, 6.45) is 12.7. The monoisotopic (exact) mass is 395 g/mol. The van der Waals surface area contributed by atoms with E-state index in [2.05, 4.69) is 20.8 Å². The van der Waals surface area contributed by atoms with Crippen molar-refractivity contribution in [1.82, 2.24) is 0 Å². The van der Waals surface area contributed by atoms with Crippen LogP contribution in [0.1, 0.15) is 121 Å². The lowest BCUT2D eigenvalue weighted by atomic mass is 9.44. The third-order valence-corrected chi connectivity index (χ3v) is 10.4. The Balaban J connectivity index is 1.44. The van der Waals surface area contributed by atoms with Gasteiger partial charge in [0.1, 0.15) is 0 Å². The van der Waals surface area contributed by atoms with Crippen LogP contribution in [0, 0.1) is 52.2 Å². The summed E-state index contributed by atoms with van der Waals surface area (Å²) >= 11 is 0. The summed E-state index contributed by atoms with van der Waals surface area (Å²) in [7, 11) is 0. The van der Waals surface area contributed by atoms with Crippen molar-refractivity contribution in [3.05, 3.63) is 0 Å². The first-order valence-electron chi connectivity index (χ1n) is 15.8. The molecule has 0 aliphatic heterocycles. The van der Waals surface area contributed by atoms with Crippen molar-refractivity contribution in [3.8, 4) is 0 Å². The fourth-order valence-corrected chi connectivity index (χ4v) is 9.01. The zero-order valence-corrected chi connectivity index (χ0v) is 18.5. The van der Waals surface area contributed by atoms with E-state index in [1.54, 1.807) is 0 Å². The van der Waals surface area contributed by atoms with Gasteiger partial charge in [-0.2, -0.15) is 0 Å². The summed E-state index contributed by atoms with van der Waals surface area (Å²) in [5.74, 6) is 1.33. The molecule has 1 N–H and O–H groups in total. The lowest BCUT2D eigenvalue weighted by molar-refractivity contribution is -0.114. The maximum absolute atomic E-state index is 9.89. The molecule has 4 rings (SSSR count). The van der Waals surface area contributed by atoms with Crippen LogP contribution in [0.3, 0.4) is 0 Å². The Labute approximate surface area is 185 Å². The summed E-state index contributed by atoms with van der Waals surface area (Å²) in [6, 6.07) is 0. The minimum Gasteiger partial charge on any atom is -0.396 e. The average molecular weight is 396 g/mol. The molecule has 1 nitrogen and oxygen atoms in total. The van der Waals surface area contributed by atoms with Crippen LogP contribution >= 0.6 is 0 Å². The van der Waals surface area contributed by atoms with Crippen LogP contribution in [0.5, 0.6) is 0 Å². The minimum absolute atomic E-state index is 0.117. The van der Waals surface area contributed by atoms with Crippen LogP contribution in [0.25, 0.3) is 0 Å². The lowest BCUT2D eigenvalue weighted by Crippen LogP contribution is -2.53. The molecule has 0 spiro atoms. The molecule has 0 aromatic rings. The number of aliphatic hydroxyl groups is 1. The highest BCUT2D eigenvalue weighted by atomic mass is 16.3. The topological polar surface area (TPSA) is 20.2 Å². The van der Waals surface area contributed by atoms with E-state index in [4.69, 9.17) is 9.60 Å². The van der Waals surface area contributed by atoms with E-state index in [0.717, 1.165) is 23.7 Å². The molecule has 4 aliphatic carbocycles. The minimum atomic E-state index is -3.26. The molecule has 10 atom stereocenters. The van der Waals surface area contributed by atoms with Gasteiger partial charge in [-0.25, -0.2) is 0 Å². The molecule has 1 heteroatoms. The fraction of sp³-hybridized carbons (Fsp3) is 1.00. The predicted octanol–water partition coefficient (Wildman–Crippen LogP) is 7.47. The van der Waals surface area contributed by atoms with E-state index in [1.165, 1.54) is 64.2 Å². The van der Waals surface area contributed by atoms with Crippen LogP contribution in [0.2, 0.25) is 0 Å².